The number of benzene rings is 7. The SMILES string of the molecule is C=C/C=c1/c(N)c(NC)c2ccccc2c1=C.C=C1/C=C(C2=C/C(=C)c3ccccc3C(=Nc3c(NC)c4ccccc4c4ccccc34)/C=C\2)\C=C/Cc2ccccc21. The third-order valence-electron chi connectivity index (χ3n) is 11.3. The van der Waals surface area contributed by atoms with E-state index in [1.54, 1.807) is 6.08 Å². The van der Waals surface area contributed by atoms with Gasteiger partial charge in [0.15, 0.2) is 0 Å². The molecule has 292 valence electrons. The van der Waals surface area contributed by atoms with Crippen LogP contribution in [0.4, 0.5) is 22.7 Å². The summed E-state index contributed by atoms with van der Waals surface area (Å²) in [6, 6.07) is 42.1. The summed E-state index contributed by atoms with van der Waals surface area (Å²) < 4.78 is 0. The molecule has 2 aliphatic carbocycles. The number of fused-ring (bicyclic) bond motifs is 6. The topological polar surface area (TPSA) is 62.4 Å². The lowest BCUT2D eigenvalue weighted by atomic mass is 9.88. The van der Waals surface area contributed by atoms with E-state index in [1.165, 1.54) is 21.9 Å². The summed E-state index contributed by atoms with van der Waals surface area (Å²) in [5.74, 6) is 0. The van der Waals surface area contributed by atoms with E-state index in [4.69, 9.17) is 10.7 Å². The number of nitrogen functional groups attached to an aromatic ring is 1. The molecule has 0 fully saturated rings. The minimum absolute atomic E-state index is 0.719. The molecule has 0 atom stereocenters. The smallest absolute Gasteiger partial charge is 0.0953 e. The van der Waals surface area contributed by atoms with Crippen LogP contribution >= 0.6 is 0 Å². The van der Waals surface area contributed by atoms with Crippen LogP contribution in [0.1, 0.15) is 22.3 Å². The summed E-state index contributed by atoms with van der Waals surface area (Å²) in [6.45, 7) is 16.8. The Kier molecular flexibility index (Phi) is 11.1. The summed E-state index contributed by atoms with van der Waals surface area (Å²) in [5.41, 5.74) is 19.4. The number of nitrogens with one attached hydrogen (secondary N) is 2. The average Bonchev–Trinajstić information content (AvgIpc) is 3.27. The molecular weight excluding hydrogens is 729 g/mol. The highest BCUT2D eigenvalue weighted by atomic mass is 14.9. The van der Waals surface area contributed by atoms with Gasteiger partial charge in [0.1, 0.15) is 0 Å². The second kappa shape index (κ2) is 17.0. The molecule has 0 bridgehead atoms. The first-order valence-corrected chi connectivity index (χ1v) is 20.2. The lowest BCUT2D eigenvalue weighted by molar-refractivity contribution is 1.24. The Morgan fingerprint density at radius 2 is 1.08 bits per heavy atom. The highest BCUT2D eigenvalue weighted by Gasteiger charge is 2.18. The molecule has 7 aromatic rings. The lowest BCUT2D eigenvalue weighted by Gasteiger charge is -2.18. The van der Waals surface area contributed by atoms with Gasteiger partial charge in [0.25, 0.3) is 0 Å². The summed E-state index contributed by atoms with van der Waals surface area (Å²) in [5, 5.41) is 15.4. The van der Waals surface area contributed by atoms with Crippen molar-refractivity contribution < 1.29 is 0 Å². The summed E-state index contributed by atoms with van der Waals surface area (Å²) in [6.07, 6.45) is 17.6. The van der Waals surface area contributed by atoms with E-state index in [0.29, 0.717) is 0 Å². The predicted molar refractivity (Wildman–Crippen MR) is 264 cm³/mol. The zero-order chi connectivity index (χ0) is 41.8. The first-order chi connectivity index (χ1) is 29.3. The molecule has 4 nitrogen and oxygen atoms in total. The Hall–Kier alpha value is -7.69. The van der Waals surface area contributed by atoms with Gasteiger partial charge in [0.05, 0.1) is 28.5 Å². The van der Waals surface area contributed by atoms with Crippen LogP contribution in [-0.4, -0.2) is 19.8 Å². The van der Waals surface area contributed by atoms with E-state index in [0.717, 1.165) is 100 Å². The molecule has 0 aromatic heterocycles. The maximum absolute atomic E-state index is 6.17. The van der Waals surface area contributed by atoms with Crippen molar-refractivity contribution in [3.8, 4) is 0 Å². The number of nitrogens with two attached hydrogens (primary N) is 1. The van der Waals surface area contributed by atoms with Crippen LogP contribution < -0.4 is 26.8 Å². The molecule has 7 aromatic carbocycles. The average molecular weight is 777 g/mol. The van der Waals surface area contributed by atoms with E-state index in [-0.39, 0.29) is 0 Å². The zero-order valence-electron chi connectivity index (χ0n) is 34.2. The monoisotopic (exact) mass is 776 g/mol. The summed E-state index contributed by atoms with van der Waals surface area (Å²) >= 11 is 0. The van der Waals surface area contributed by atoms with Crippen LogP contribution in [0, 0.1) is 0 Å². The number of anilines is 3. The number of aliphatic imine (C=N–C) groups is 1. The molecule has 4 N–H and O–H groups in total. The second-order valence-electron chi connectivity index (χ2n) is 14.8. The predicted octanol–water partition coefficient (Wildman–Crippen LogP) is 12.3. The molecule has 0 spiro atoms. The van der Waals surface area contributed by atoms with Crippen molar-refractivity contribution in [1.29, 1.82) is 0 Å². The van der Waals surface area contributed by atoms with Crippen LogP contribution in [0.2, 0.25) is 0 Å². The number of hydrogen-bond donors (Lipinski definition) is 3. The Morgan fingerprint density at radius 1 is 0.567 bits per heavy atom. The Bertz CT molecular complexity index is 3170. The maximum atomic E-state index is 6.17. The lowest BCUT2D eigenvalue weighted by Crippen LogP contribution is -2.28. The van der Waals surface area contributed by atoms with Crippen LogP contribution in [0.3, 0.4) is 0 Å². The van der Waals surface area contributed by atoms with Gasteiger partial charge in [-0.15, -0.1) is 0 Å². The Balaban J connectivity index is 0.000000246. The Morgan fingerprint density at radius 3 is 1.75 bits per heavy atom. The molecular formula is C56H48N4. The van der Waals surface area contributed by atoms with Gasteiger partial charge in [0.2, 0.25) is 0 Å². The minimum atomic E-state index is 0.719. The van der Waals surface area contributed by atoms with E-state index < -0.39 is 0 Å². The van der Waals surface area contributed by atoms with Gasteiger partial charge in [-0.2, -0.15) is 0 Å². The van der Waals surface area contributed by atoms with Gasteiger partial charge in [-0.25, -0.2) is 4.99 Å². The van der Waals surface area contributed by atoms with Crippen LogP contribution in [0.25, 0.3) is 56.1 Å². The molecule has 60 heavy (non-hydrogen) atoms. The number of allylic oxidation sites excluding steroid dienone is 11. The number of rotatable bonds is 5. The molecule has 4 heteroatoms. The summed E-state index contributed by atoms with van der Waals surface area (Å²) in [7, 11) is 3.85. The van der Waals surface area contributed by atoms with Crippen molar-refractivity contribution in [3.63, 3.8) is 0 Å². The van der Waals surface area contributed by atoms with Gasteiger partial charge < -0.3 is 16.4 Å². The molecule has 0 aliphatic heterocycles. The molecule has 0 saturated heterocycles. The van der Waals surface area contributed by atoms with Crippen molar-refractivity contribution in [2.24, 2.45) is 4.99 Å². The normalized spacial score (nSPS) is 17.4. The van der Waals surface area contributed by atoms with Gasteiger partial charge in [-0.05, 0) is 85.0 Å². The third-order valence-corrected chi connectivity index (χ3v) is 11.3. The molecule has 0 radical (unpaired) electrons. The van der Waals surface area contributed by atoms with E-state index in [9.17, 15) is 0 Å². The van der Waals surface area contributed by atoms with Crippen molar-refractivity contribution >= 4 is 84.6 Å². The molecule has 2 aliphatic rings. The fraction of sp³-hybridized carbons (Fsp3) is 0.0536. The Labute approximate surface area is 352 Å². The largest absolute Gasteiger partial charge is 0.397 e. The van der Waals surface area contributed by atoms with Gasteiger partial charge in [-0.3, -0.25) is 0 Å². The van der Waals surface area contributed by atoms with Crippen molar-refractivity contribution in [1.82, 2.24) is 0 Å². The molecule has 0 heterocycles. The standard InChI is InChI=1S/C41H32N2.C15H16N2/c1-27-25-30(15-12-14-29-13-4-5-16-32(27)29)31-23-24-39(36-20-9-6-17-33(36)28(2)26-31)43-41-38-22-11-8-19-35(38)34-18-7-10-21-37(34)40(41)42-3;1-4-7-12-10(2)11-8-5-6-9-13(11)15(17-3)14(12)16/h4-13,15-26,42H,1-2,14H2,3H3;4-9,17H,1-2,16H2,3H3/b15-12-,24-23-,30-25+,31-26+,43-39?;12-7+. The van der Waals surface area contributed by atoms with Crippen molar-refractivity contribution in [2.75, 3.05) is 30.5 Å². The molecule has 0 unspecified atom stereocenters. The fourth-order valence-corrected chi connectivity index (χ4v) is 8.39. The van der Waals surface area contributed by atoms with Crippen LogP contribution in [-0.2, 0) is 6.42 Å². The highest BCUT2D eigenvalue weighted by molar-refractivity contribution is 6.22. The first kappa shape index (κ1) is 39.2. The van der Waals surface area contributed by atoms with Gasteiger partial charge in [0, 0.05) is 41.0 Å². The number of nitrogens with zero attached hydrogens (tertiary/aromatic N) is 1. The van der Waals surface area contributed by atoms with Crippen molar-refractivity contribution in [3.05, 3.63) is 227 Å². The van der Waals surface area contributed by atoms with Gasteiger partial charge in [-0.1, -0.05) is 178 Å². The first-order valence-electron chi connectivity index (χ1n) is 20.2. The minimum Gasteiger partial charge on any atom is -0.397 e. The van der Waals surface area contributed by atoms with Crippen LogP contribution in [0.15, 0.2) is 200 Å². The van der Waals surface area contributed by atoms with E-state index in [1.807, 2.05) is 38.4 Å². The van der Waals surface area contributed by atoms with Crippen LogP contribution in [0.5, 0.6) is 0 Å². The van der Waals surface area contributed by atoms with Crippen molar-refractivity contribution in [2.45, 2.75) is 6.42 Å². The third kappa shape index (κ3) is 7.32. The summed E-state index contributed by atoms with van der Waals surface area (Å²) in [4.78, 5) is 5.45. The zero-order valence-corrected chi connectivity index (χ0v) is 34.2. The molecule has 0 amide bonds. The van der Waals surface area contributed by atoms with E-state index >= 15 is 0 Å². The molecule has 9 rings (SSSR count). The van der Waals surface area contributed by atoms with E-state index in [2.05, 4.69) is 177 Å². The highest BCUT2D eigenvalue weighted by Crippen LogP contribution is 2.43. The van der Waals surface area contributed by atoms with Gasteiger partial charge >= 0.3 is 0 Å². The fourth-order valence-electron chi connectivity index (χ4n) is 8.39. The molecule has 0 saturated carbocycles. The second-order valence-corrected chi connectivity index (χ2v) is 14.8. The number of hydrogen-bond acceptors (Lipinski definition) is 4. The quantitative estimate of drug-likeness (QED) is 0.120. The maximum Gasteiger partial charge on any atom is 0.0953 e.